The highest BCUT2D eigenvalue weighted by Gasteiger charge is 2.28. The summed E-state index contributed by atoms with van der Waals surface area (Å²) in [7, 11) is 0. The van der Waals surface area contributed by atoms with E-state index in [-0.39, 0.29) is 24.3 Å². The van der Waals surface area contributed by atoms with E-state index in [0.29, 0.717) is 23.0 Å². The fraction of sp³-hybridized carbons (Fsp3) is 0.440. The number of aryl methyl sites for hydroxylation is 1. The van der Waals surface area contributed by atoms with Crippen molar-refractivity contribution in [3.63, 3.8) is 0 Å². The van der Waals surface area contributed by atoms with Crippen LogP contribution >= 0.6 is 23.2 Å². The van der Waals surface area contributed by atoms with Gasteiger partial charge in [-0.05, 0) is 49.4 Å². The lowest BCUT2D eigenvalue weighted by Crippen LogP contribution is -2.50. The number of amides is 2. The van der Waals surface area contributed by atoms with Crippen molar-refractivity contribution >= 4 is 35.0 Å². The number of carbonyl (C=O) groups is 2. The minimum absolute atomic E-state index is 0.0915. The monoisotopic (exact) mass is 460 g/mol. The van der Waals surface area contributed by atoms with Gasteiger partial charge in [0, 0.05) is 29.1 Å². The van der Waals surface area contributed by atoms with Crippen molar-refractivity contribution in [3.05, 3.63) is 69.7 Å². The first-order valence-electron chi connectivity index (χ1n) is 11.0. The van der Waals surface area contributed by atoms with Gasteiger partial charge in [0.1, 0.15) is 6.04 Å². The maximum Gasteiger partial charge on any atom is 0.242 e. The zero-order chi connectivity index (χ0) is 22.2. The molecule has 6 heteroatoms. The molecule has 1 N–H and O–H groups in total. The van der Waals surface area contributed by atoms with E-state index in [2.05, 4.69) is 5.32 Å². The van der Waals surface area contributed by atoms with Gasteiger partial charge < -0.3 is 10.2 Å². The molecule has 4 nitrogen and oxygen atoms in total. The van der Waals surface area contributed by atoms with Crippen LogP contribution in [0.15, 0.2) is 48.5 Å². The average molecular weight is 461 g/mol. The lowest BCUT2D eigenvalue weighted by atomic mass is 9.95. The largest absolute Gasteiger partial charge is 0.352 e. The Balaban J connectivity index is 1.72. The van der Waals surface area contributed by atoms with E-state index in [9.17, 15) is 9.59 Å². The van der Waals surface area contributed by atoms with E-state index in [1.54, 1.807) is 17.9 Å². The second-order valence-electron chi connectivity index (χ2n) is 8.22. The molecule has 0 aromatic heterocycles. The molecule has 0 radical (unpaired) electrons. The molecule has 2 amide bonds. The molecule has 0 saturated heterocycles. The van der Waals surface area contributed by atoms with Gasteiger partial charge in [0.05, 0.1) is 0 Å². The van der Waals surface area contributed by atoms with Gasteiger partial charge in [0.15, 0.2) is 0 Å². The number of halogens is 2. The van der Waals surface area contributed by atoms with E-state index >= 15 is 0 Å². The number of benzene rings is 2. The van der Waals surface area contributed by atoms with Gasteiger partial charge in [-0.3, -0.25) is 9.59 Å². The van der Waals surface area contributed by atoms with E-state index in [1.807, 2.05) is 42.5 Å². The van der Waals surface area contributed by atoms with Crippen molar-refractivity contribution in [1.82, 2.24) is 10.2 Å². The maximum absolute atomic E-state index is 13.2. The van der Waals surface area contributed by atoms with Gasteiger partial charge >= 0.3 is 0 Å². The molecule has 1 saturated carbocycles. The van der Waals surface area contributed by atoms with Gasteiger partial charge in [0.2, 0.25) is 11.8 Å². The first-order valence-corrected chi connectivity index (χ1v) is 11.8. The number of nitrogens with one attached hydrogen (secondary N) is 1. The summed E-state index contributed by atoms with van der Waals surface area (Å²) in [5.74, 6) is -0.198. The lowest BCUT2D eigenvalue weighted by Gasteiger charge is -2.31. The van der Waals surface area contributed by atoms with Gasteiger partial charge in [-0.15, -0.1) is 0 Å². The van der Waals surface area contributed by atoms with Crippen molar-refractivity contribution in [3.8, 4) is 0 Å². The number of hydrogen-bond donors (Lipinski definition) is 1. The quantitative estimate of drug-likeness (QED) is 0.541. The van der Waals surface area contributed by atoms with Crippen molar-refractivity contribution in [2.75, 3.05) is 0 Å². The Morgan fingerprint density at radius 1 is 0.968 bits per heavy atom. The zero-order valence-corrected chi connectivity index (χ0v) is 19.5. The van der Waals surface area contributed by atoms with Crippen LogP contribution < -0.4 is 5.32 Å². The second kappa shape index (κ2) is 11.5. The van der Waals surface area contributed by atoms with Crippen LogP contribution in [0.25, 0.3) is 0 Å². The summed E-state index contributed by atoms with van der Waals surface area (Å²) >= 11 is 12.6. The molecule has 1 aliphatic carbocycles. The molecular weight excluding hydrogens is 431 g/mol. The molecule has 1 fully saturated rings. The van der Waals surface area contributed by atoms with E-state index < -0.39 is 6.04 Å². The van der Waals surface area contributed by atoms with Crippen molar-refractivity contribution in [2.24, 2.45) is 0 Å². The summed E-state index contributed by atoms with van der Waals surface area (Å²) in [6.45, 7) is 2.09. The Hall–Kier alpha value is -2.04. The standard InChI is InChI=1S/C25H30Cl2N2O2/c1-18(25(31)28-21-11-3-2-4-12-21)29(17-20-10-6-8-14-23(20)27)24(30)16-15-19-9-5-7-13-22(19)26/h5-10,13-14,18,21H,2-4,11-12,15-17H2,1H3,(H,28,31)/t18-/m0/s1. The Morgan fingerprint density at radius 3 is 2.16 bits per heavy atom. The fourth-order valence-corrected chi connectivity index (χ4v) is 4.47. The fourth-order valence-electron chi connectivity index (χ4n) is 4.05. The van der Waals surface area contributed by atoms with Gasteiger partial charge in [0.25, 0.3) is 0 Å². The molecule has 3 rings (SSSR count). The summed E-state index contributed by atoms with van der Waals surface area (Å²) in [4.78, 5) is 27.9. The summed E-state index contributed by atoms with van der Waals surface area (Å²) < 4.78 is 0. The van der Waals surface area contributed by atoms with Crippen LogP contribution in [0.4, 0.5) is 0 Å². The van der Waals surface area contributed by atoms with Crippen LogP contribution in [0, 0.1) is 0 Å². The Morgan fingerprint density at radius 2 is 1.55 bits per heavy atom. The molecule has 0 heterocycles. The predicted octanol–water partition coefficient (Wildman–Crippen LogP) is 5.79. The second-order valence-corrected chi connectivity index (χ2v) is 9.04. The molecule has 0 aliphatic heterocycles. The molecule has 0 spiro atoms. The van der Waals surface area contributed by atoms with Crippen molar-refractivity contribution < 1.29 is 9.59 Å². The molecule has 31 heavy (non-hydrogen) atoms. The topological polar surface area (TPSA) is 49.4 Å². The lowest BCUT2D eigenvalue weighted by molar-refractivity contribution is -0.141. The maximum atomic E-state index is 13.2. The molecule has 2 aromatic rings. The third kappa shape index (κ3) is 6.72. The Labute approximate surface area is 194 Å². The number of carbonyl (C=O) groups excluding carboxylic acids is 2. The third-order valence-corrected chi connectivity index (χ3v) is 6.72. The summed E-state index contributed by atoms with van der Waals surface area (Å²) in [5.41, 5.74) is 1.75. The van der Waals surface area contributed by atoms with Gasteiger partial charge in [-0.25, -0.2) is 0 Å². The highest BCUT2D eigenvalue weighted by atomic mass is 35.5. The normalized spacial score (nSPS) is 15.3. The van der Waals surface area contributed by atoms with Crippen LogP contribution in [0.1, 0.15) is 56.6 Å². The highest BCUT2D eigenvalue weighted by Crippen LogP contribution is 2.22. The summed E-state index contributed by atoms with van der Waals surface area (Å²) in [6, 6.07) is 14.6. The first-order chi connectivity index (χ1) is 15.0. The number of hydrogen-bond acceptors (Lipinski definition) is 2. The Bertz CT molecular complexity index is 897. The molecule has 0 unspecified atom stereocenters. The van der Waals surface area contributed by atoms with E-state index in [1.165, 1.54) is 6.42 Å². The zero-order valence-electron chi connectivity index (χ0n) is 17.9. The third-order valence-electron chi connectivity index (χ3n) is 5.98. The summed E-state index contributed by atoms with van der Waals surface area (Å²) in [6.07, 6.45) is 6.30. The van der Waals surface area contributed by atoms with Crippen molar-refractivity contribution in [1.29, 1.82) is 0 Å². The smallest absolute Gasteiger partial charge is 0.242 e. The highest BCUT2D eigenvalue weighted by molar-refractivity contribution is 6.31. The van der Waals surface area contributed by atoms with Crippen LogP contribution in [0.3, 0.4) is 0 Å². The number of nitrogens with zero attached hydrogens (tertiary/aromatic N) is 1. The van der Waals surface area contributed by atoms with Gasteiger partial charge in [-0.2, -0.15) is 0 Å². The Kier molecular flexibility index (Phi) is 8.79. The SMILES string of the molecule is C[C@@H](C(=O)NC1CCCCC1)N(Cc1ccccc1Cl)C(=O)CCc1ccccc1Cl. The molecule has 166 valence electrons. The molecule has 2 aromatic carbocycles. The minimum atomic E-state index is -0.586. The van der Waals surface area contributed by atoms with E-state index in [4.69, 9.17) is 23.2 Å². The van der Waals surface area contributed by atoms with Gasteiger partial charge in [-0.1, -0.05) is 78.9 Å². The first kappa shape index (κ1) is 23.6. The average Bonchev–Trinajstić information content (AvgIpc) is 2.78. The molecule has 0 bridgehead atoms. The predicted molar refractivity (Wildman–Crippen MR) is 126 cm³/mol. The van der Waals surface area contributed by atoms with E-state index in [0.717, 1.165) is 36.8 Å². The minimum Gasteiger partial charge on any atom is -0.352 e. The van der Waals surface area contributed by atoms with Crippen LogP contribution in [0.2, 0.25) is 10.0 Å². The van der Waals surface area contributed by atoms with Crippen LogP contribution in [-0.2, 0) is 22.6 Å². The molecule has 1 atom stereocenters. The molecular formula is C25H30Cl2N2O2. The number of rotatable bonds is 8. The van der Waals surface area contributed by atoms with Crippen LogP contribution in [0.5, 0.6) is 0 Å². The molecule has 1 aliphatic rings. The summed E-state index contributed by atoms with van der Waals surface area (Å²) in [5, 5.41) is 4.39. The van der Waals surface area contributed by atoms with Crippen molar-refractivity contribution in [2.45, 2.75) is 70.5 Å². The van der Waals surface area contributed by atoms with Crippen LogP contribution in [-0.4, -0.2) is 28.8 Å².